The van der Waals surface area contributed by atoms with Crippen molar-refractivity contribution in [2.24, 2.45) is 9.98 Å². The number of nitrogens with one attached hydrogen (secondary N) is 2. The van der Waals surface area contributed by atoms with Gasteiger partial charge in [0.05, 0.1) is 6.10 Å². The fourth-order valence-corrected chi connectivity index (χ4v) is 4.13. The standard InChI is InChI=1S/C32H48N6O5/c1-7-18-38(31(40)26-13-10-14-27(22-26)42-24-28-15-11-21-41-28)32(34-6)43-29(8-2)30(39)36-25(4)23-35-16-12-19-37(9-3)20-17-33-5/h8,10,12-14,16,19,22-23,28,33H,7,9,11,15,17-18,20-21,24H2,1-6H3,(H,36,39)/b19-12+,25-23+,29-8-,34-32?,35-16+. The first-order valence-electron chi connectivity index (χ1n) is 14.9. The zero-order valence-electron chi connectivity index (χ0n) is 26.5. The number of carbonyl (C=O) groups excluding carboxylic acids is 2. The van der Waals surface area contributed by atoms with Crippen LogP contribution in [0.5, 0.6) is 5.75 Å². The number of amides is 2. The van der Waals surface area contributed by atoms with E-state index < -0.39 is 5.91 Å². The minimum Gasteiger partial charge on any atom is -0.491 e. The topological polar surface area (TPSA) is 117 Å². The number of benzene rings is 1. The van der Waals surface area contributed by atoms with Crippen molar-refractivity contribution in [2.75, 3.05) is 53.5 Å². The first kappa shape index (κ1) is 35.2. The van der Waals surface area contributed by atoms with Crippen LogP contribution >= 0.6 is 0 Å². The second-order valence-electron chi connectivity index (χ2n) is 9.83. The first-order valence-corrected chi connectivity index (χ1v) is 14.9. The molecule has 2 amide bonds. The molecule has 1 aromatic carbocycles. The van der Waals surface area contributed by atoms with Gasteiger partial charge >= 0.3 is 0 Å². The Labute approximate surface area is 256 Å². The van der Waals surface area contributed by atoms with E-state index in [2.05, 4.69) is 32.4 Å². The van der Waals surface area contributed by atoms with Crippen LogP contribution in [0.4, 0.5) is 0 Å². The van der Waals surface area contributed by atoms with E-state index in [0.29, 0.717) is 36.6 Å². The molecule has 2 rings (SSSR count). The Hall–Kier alpha value is -3.96. The number of amidine groups is 1. The number of aliphatic imine (C=N–C) groups is 2. The van der Waals surface area contributed by atoms with Crippen LogP contribution < -0.4 is 15.4 Å². The molecule has 1 atom stereocenters. The lowest BCUT2D eigenvalue weighted by atomic mass is 10.2. The molecule has 1 heterocycles. The van der Waals surface area contributed by atoms with Crippen LogP contribution in [0.25, 0.3) is 0 Å². The summed E-state index contributed by atoms with van der Waals surface area (Å²) in [6, 6.07) is 7.01. The molecule has 11 heteroatoms. The van der Waals surface area contributed by atoms with E-state index in [4.69, 9.17) is 14.2 Å². The molecule has 1 saturated heterocycles. The Morgan fingerprint density at radius 3 is 2.70 bits per heavy atom. The number of allylic oxidation sites excluding steroid dienone is 3. The Morgan fingerprint density at radius 1 is 1.23 bits per heavy atom. The second kappa shape index (κ2) is 20.0. The average Bonchev–Trinajstić information content (AvgIpc) is 3.54. The molecule has 43 heavy (non-hydrogen) atoms. The van der Waals surface area contributed by atoms with E-state index in [-0.39, 0.29) is 23.8 Å². The molecule has 1 unspecified atom stereocenters. The third-order valence-electron chi connectivity index (χ3n) is 6.45. The highest BCUT2D eigenvalue weighted by atomic mass is 16.5. The van der Waals surface area contributed by atoms with Crippen molar-refractivity contribution in [1.82, 2.24) is 20.4 Å². The molecule has 11 nitrogen and oxygen atoms in total. The Bertz CT molecular complexity index is 1170. The number of rotatable bonds is 16. The summed E-state index contributed by atoms with van der Waals surface area (Å²) in [6.45, 7) is 11.7. The van der Waals surface area contributed by atoms with Gasteiger partial charge in [-0.25, -0.2) is 4.99 Å². The monoisotopic (exact) mass is 596 g/mol. The van der Waals surface area contributed by atoms with Crippen molar-refractivity contribution in [3.63, 3.8) is 0 Å². The van der Waals surface area contributed by atoms with E-state index in [0.717, 1.165) is 39.1 Å². The molecule has 1 aliphatic rings. The molecule has 0 aliphatic carbocycles. The fourth-order valence-electron chi connectivity index (χ4n) is 4.13. The molecule has 1 fully saturated rings. The van der Waals surface area contributed by atoms with Crippen LogP contribution in [0.3, 0.4) is 0 Å². The summed E-state index contributed by atoms with van der Waals surface area (Å²) in [4.78, 5) is 38.6. The number of hydrogen-bond donors (Lipinski definition) is 2. The lowest BCUT2D eigenvalue weighted by Crippen LogP contribution is -2.40. The van der Waals surface area contributed by atoms with Crippen LogP contribution in [-0.2, 0) is 14.3 Å². The smallest absolute Gasteiger partial charge is 0.299 e. The van der Waals surface area contributed by atoms with E-state index in [1.807, 2.05) is 32.3 Å². The summed E-state index contributed by atoms with van der Waals surface area (Å²) in [5, 5.41) is 5.89. The van der Waals surface area contributed by atoms with Gasteiger partial charge in [0.25, 0.3) is 17.8 Å². The lowest BCUT2D eigenvalue weighted by Gasteiger charge is -2.24. The largest absolute Gasteiger partial charge is 0.491 e. The van der Waals surface area contributed by atoms with Gasteiger partial charge in [0.15, 0.2) is 5.76 Å². The van der Waals surface area contributed by atoms with Gasteiger partial charge in [-0.1, -0.05) is 13.0 Å². The summed E-state index contributed by atoms with van der Waals surface area (Å²) < 4.78 is 17.4. The number of ether oxygens (including phenoxy) is 3. The van der Waals surface area contributed by atoms with Crippen molar-refractivity contribution < 1.29 is 23.8 Å². The number of hydrogen-bond acceptors (Lipinski definition) is 9. The van der Waals surface area contributed by atoms with E-state index in [9.17, 15) is 9.59 Å². The Kier molecular flexibility index (Phi) is 16.4. The third kappa shape index (κ3) is 12.4. The number of carbonyl (C=O) groups is 2. The molecule has 1 aliphatic heterocycles. The molecule has 1 aromatic rings. The Balaban J connectivity index is 2.04. The van der Waals surface area contributed by atoms with E-state index >= 15 is 0 Å². The zero-order valence-corrected chi connectivity index (χ0v) is 26.5. The third-order valence-corrected chi connectivity index (χ3v) is 6.45. The van der Waals surface area contributed by atoms with Gasteiger partial charge in [-0.3, -0.25) is 19.5 Å². The van der Waals surface area contributed by atoms with Gasteiger partial charge < -0.3 is 29.7 Å². The van der Waals surface area contributed by atoms with Crippen molar-refractivity contribution in [3.05, 3.63) is 65.8 Å². The average molecular weight is 597 g/mol. The summed E-state index contributed by atoms with van der Waals surface area (Å²) >= 11 is 0. The van der Waals surface area contributed by atoms with Crippen LogP contribution in [0.2, 0.25) is 0 Å². The predicted molar refractivity (Wildman–Crippen MR) is 171 cm³/mol. The van der Waals surface area contributed by atoms with E-state index in [1.165, 1.54) is 18.0 Å². The highest BCUT2D eigenvalue weighted by Gasteiger charge is 2.25. The van der Waals surface area contributed by atoms with Gasteiger partial charge in [0.2, 0.25) is 0 Å². The maximum absolute atomic E-state index is 13.6. The first-order chi connectivity index (χ1) is 20.9. The van der Waals surface area contributed by atoms with Crippen molar-refractivity contribution in [2.45, 2.75) is 53.1 Å². The van der Waals surface area contributed by atoms with Gasteiger partial charge in [0.1, 0.15) is 12.4 Å². The van der Waals surface area contributed by atoms with Gasteiger partial charge in [-0.15, -0.1) is 0 Å². The molecule has 0 saturated carbocycles. The minimum atomic E-state index is -0.485. The van der Waals surface area contributed by atoms with Gasteiger partial charge in [-0.05, 0) is 77.4 Å². The summed E-state index contributed by atoms with van der Waals surface area (Å²) in [5.74, 6) is -0.213. The summed E-state index contributed by atoms with van der Waals surface area (Å²) in [7, 11) is 3.44. The minimum absolute atomic E-state index is 0.00268. The van der Waals surface area contributed by atoms with Crippen molar-refractivity contribution in [1.29, 1.82) is 0 Å². The highest BCUT2D eigenvalue weighted by molar-refractivity contribution is 6.05. The maximum Gasteiger partial charge on any atom is 0.299 e. The highest BCUT2D eigenvalue weighted by Crippen LogP contribution is 2.19. The second-order valence-corrected chi connectivity index (χ2v) is 9.83. The summed E-state index contributed by atoms with van der Waals surface area (Å²) in [5.41, 5.74) is 0.945. The number of likely N-dealkylation sites (N-methyl/N-ethyl adjacent to an activating group) is 2. The molecule has 0 radical (unpaired) electrons. The van der Waals surface area contributed by atoms with Crippen molar-refractivity contribution in [3.8, 4) is 5.75 Å². The molecule has 2 N–H and O–H groups in total. The van der Waals surface area contributed by atoms with Gasteiger partial charge in [0, 0.05) is 69.7 Å². The normalized spacial score (nSPS) is 16.1. The zero-order chi connectivity index (χ0) is 31.5. The quantitative estimate of drug-likeness (QED) is 0.128. The van der Waals surface area contributed by atoms with Crippen LogP contribution in [0.1, 0.15) is 57.3 Å². The SMILES string of the molecule is C/C=C(\OC(=NC)N(CCC)C(=O)c1cccc(OCC2CCCO2)c1)C(=O)N/C(C)=C/N=C/C=C/N(CC)CCNC. The Morgan fingerprint density at radius 2 is 2.05 bits per heavy atom. The molecule has 0 bridgehead atoms. The van der Waals surface area contributed by atoms with Crippen molar-refractivity contribution >= 4 is 24.1 Å². The predicted octanol–water partition coefficient (Wildman–Crippen LogP) is 4.11. The number of nitrogens with zero attached hydrogens (tertiary/aromatic N) is 4. The van der Waals surface area contributed by atoms with Crippen LogP contribution in [0, 0.1) is 0 Å². The molecular weight excluding hydrogens is 548 g/mol. The molecule has 236 valence electrons. The maximum atomic E-state index is 13.6. The molecule has 0 aromatic heterocycles. The molecular formula is C32H48N6O5. The summed E-state index contributed by atoms with van der Waals surface area (Å²) in [6.07, 6.45) is 11.3. The fraction of sp³-hybridized carbons (Fsp3) is 0.500. The van der Waals surface area contributed by atoms with Crippen LogP contribution in [-0.4, -0.2) is 93.4 Å². The molecule has 0 spiro atoms. The lowest BCUT2D eigenvalue weighted by molar-refractivity contribution is -0.119. The van der Waals surface area contributed by atoms with Gasteiger partial charge in [-0.2, -0.15) is 0 Å². The van der Waals surface area contributed by atoms with Crippen LogP contribution in [0.15, 0.2) is 70.3 Å². The van der Waals surface area contributed by atoms with E-state index in [1.54, 1.807) is 44.5 Å².